The molecule has 0 aromatic carbocycles. The smallest absolute Gasteiger partial charge is 0.492 e. The number of nitrogens with zero attached hydrogens (tertiary/aromatic N) is 1. The van der Waals surface area contributed by atoms with E-state index in [1.165, 1.54) is 18.6 Å². The lowest BCUT2D eigenvalue weighted by molar-refractivity contribution is 0.0190. The van der Waals surface area contributed by atoms with Crippen LogP contribution in [-0.2, 0) is 4.74 Å². The van der Waals surface area contributed by atoms with Crippen molar-refractivity contribution in [2.45, 2.75) is 19.3 Å². The molecule has 1 saturated carbocycles. The van der Waals surface area contributed by atoms with Crippen molar-refractivity contribution in [2.75, 3.05) is 6.61 Å². The third-order valence-corrected chi connectivity index (χ3v) is 2.63. The molecule has 0 spiro atoms. The number of aromatic hydroxyl groups is 2. The standard InChI is InChI=1S/C10H13NO5/c12-8-4-5-9(13)11(8)16-10(14)15-6-7-2-1-3-7/h4-5,7,12-13H,1-3,6H2. The average Bonchev–Trinajstić information content (AvgIpc) is 2.47. The van der Waals surface area contributed by atoms with Gasteiger partial charge in [-0.3, -0.25) is 4.84 Å². The van der Waals surface area contributed by atoms with Gasteiger partial charge in [-0.15, -0.1) is 4.73 Å². The van der Waals surface area contributed by atoms with E-state index in [0.29, 0.717) is 17.3 Å². The maximum Gasteiger partial charge on any atom is 0.533 e. The Hall–Kier alpha value is -1.85. The van der Waals surface area contributed by atoms with Gasteiger partial charge in [-0.2, -0.15) is 0 Å². The van der Waals surface area contributed by atoms with E-state index in [4.69, 9.17) is 4.74 Å². The number of carbonyl (C=O) groups is 1. The second-order valence-corrected chi connectivity index (χ2v) is 3.79. The van der Waals surface area contributed by atoms with Gasteiger partial charge in [0.25, 0.3) is 0 Å². The van der Waals surface area contributed by atoms with Gasteiger partial charge in [0, 0.05) is 12.1 Å². The number of carbonyl (C=O) groups excluding carboxylic acids is 1. The Morgan fingerprint density at radius 1 is 1.38 bits per heavy atom. The van der Waals surface area contributed by atoms with Gasteiger partial charge in [0.05, 0.1) is 6.61 Å². The normalized spacial score (nSPS) is 15.5. The molecule has 16 heavy (non-hydrogen) atoms. The minimum Gasteiger partial charge on any atom is -0.492 e. The summed E-state index contributed by atoms with van der Waals surface area (Å²) in [6.45, 7) is 0.321. The molecule has 0 saturated heterocycles. The van der Waals surface area contributed by atoms with Crippen LogP contribution >= 0.6 is 0 Å². The highest BCUT2D eigenvalue weighted by molar-refractivity contribution is 5.60. The fraction of sp³-hybridized carbons (Fsp3) is 0.500. The molecule has 0 unspecified atom stereocenters. The zero-order valence-electron chi connectivity index (χ0n) is 8.63. The monoisotopic (exact) mass is 227 g/mol. The van der Waals surface area contributed by atoms with Gasteiger partial charge < -0.3 is 14.9 Å². The summed E-state index contributed by atoms with van der Waals surface area (Å²) >= 11 is 0. The van der Waals surface area contributed by atoms with Crippen LogP contribution in [0.4, 0.5) is 4.79 Å². The van der Waals surface area contributed by atoms with Crippen LogP contribution in [0.2, 0.25) is 0 Å². The second kappa shape index (κ2) is 4.34. The average molecular weight is 227 g/mol. The molecule has 1 aliphatic rings. The van der Waals surface area contributed by atoms with E-state index in [2.05, 4.69) is 4.84 Å². The van der Waals surface area contributed by atoms with Crippen LogP contribution in [0.5, 0.6) is 11.8 Å². The van der Waals surface area contributed by atoms with Crippen LogP contribution < -0.4 is 4.84 Å². The molecule has 1 fully saturated rings. The highest BCUT2D eigenvalue weighted by Crippen LogP contribution is 2.26. The molecule has 0 amide bonds. The fourth-order valence-electron chi connectivity index (χ4n) is 1.44. The first-order valence-electron chi connectivity index (χ1n) is 5.11. The second-order valence-electron chi connectivity index (χ2n) is 3.79. The van der Waals surface area contributed by atoms with Crippen molar-refractivity contribution in [3.8, 4) is 11.8 Å². The van der Waals surface area contributed by atoms with Crippen molar-refractivity contribution >= 4 is 6.16 Å². The van der Waals surface area contributed by atoms with E-state index in [9.17, 15) is 15.0 Å². The van der Waals surface area contributed by atoms with Crippen molar-refractivity contribution in [1.29, 1.82) is 0 Å². The Kier molecular flexibility index (Phi) is 2.89. The highest BCUT2D eigenvalue weighted by atomic mass is 16.8. The summed E-state index contributed by atoms with van der Waals surface area (Å²) in [7, 11) is 0. The molecule has 0 radical (unpaired) electrons. The van der Waals surface area contributed by atoms with Crippen molar-refractivity contribution in [3.05, 3.63) is 12.1 Å². The molecule has 2 N–H and O–H groups in total. The Morgan fingerprint density at radius 3 is 2.50 bits per heavy atom. The molecule has 1 aliphatic carbocycles. The molecule has 0 aliphatic heterocycles. The van der Waals surface area contributed by atoms with Crippen LogP contribution in [0.1, 0.15) is 19.3 Å². The minimum absolute atomic E-state index is 0.321. The van der Waals surface area contributed by atoms with Crippen LogP contribution in [0.15, 0.2) is 12.1 Å². The van der Waals surface area contributed by atoms with Crippen molar-refractivity contribution in [2.24, 2.45) is 5.92 Å². The maximum absolute atomic E-state index is 11.2. The molecule has 1 aromatic rings. The topological polar surface area (TPSA) is 80.9 Å². The predicted octanol–water partition coefficient (Wildman–Crippen LogP) is 1.26. The zero-order valence-corrected chi connectivity index (χ0v) is 8.63. The van der Waals surface area contributed by atoms with E-state index in [0.717, 1.165) is 12.8 Å². The number of ether oxygens (including phenoxy) is 1. The fourth-order valence-corrected chi connectivity index (χ4v) is 1.44. The molecule has 6 nitrogen and oxygen atoms in total. The first kappa shape index (κ1) is 10.7. The molecular weight excluding hydrogens is 214 g/mol. The summed E-state index contributed by atoms with van der Waals surface area (Å²) < 4.78 is 5.43. The minimum atomic E-state index is -0.936. The SMILES string of the molecule is O=C(OCC1CCC1)On1c(O)ccc1O. The van der Waals surface area contributed by atoms with E-state index >= 15 is 0 Å². The lowest BCUT2D eigenvalue weighted by atomic mass is 9.86. The van der Waals surface area contributed by atoms with E-state index in [1.807, 2.05) is 0 Å². The van der Waals surface area contributed by atoms with Gasteiger partial charge in [0.15, 0.2) is 0 Å². The van der Waals surface area contributed by atoms with Gasteiger partial charge in [-0.25, -0.2) is 4.79 Å². The number of hydrogen-bond donors (Lipinski definition) is 2. The highest BCUT2D eigenvalue weighted by Gasteiger charge is 2.20. The third-order valence-electron chi connectivity index (χ3n) is 2.63. The molecule has 0 bridgehead atoms. The Balaban J connectivity index is 1.82. The van der Waals surface area contributed by atoms with Crippen molar-refractivity contribution < 1.29 is 24.6 Å². The predicted molar refractivity (Wildman–Crippen MR) is 53.0 cm³/mol. The Labute approximate surface area is 92.0 Å². The Bertz CT molecular complexity index is 363. The first-order valence-corrected chi connectivity index (χ1v) is 5.11. The van der Waals surface area contributed by atoms with Crippen LogP contribution in [0.3, 0.4) is 0 Å². The summed E-state index contributed by atoms with van der Waals surface area (Å²) in [5.74, 6) is -0.310. The van der Waals surface area contributed by atoms with Gasteiger partial charge >= 0.3 is 6.16 Å². The van der Waals surface area contributed by atoms with Gasteiger partial charge in [-0.05, 0) is 18.8 Å². The Morgan fingerprint density at radius 2 is 2.00 bits per heavy atom. The molecule has 1 heterocycles. The molecule has 88 valence electrons. The number of rotatable bonds is 3. The quantitative estimate of drug-likeness (QED) is 0.760. The van der Waals surface area contributed by atoms with Crippen molar-refractivity contribution in [3.63, 3.8) is 0 Å². The molecule has 1 aromatic heterocycles. The van der Waals surface area contributed by atoms with E-state index < -0.39 is 6.16 Å². The third kappa shape index (κ3) is 2.21. The van der Waals surface area contributed by atoms with E-state index in [-0.39, 0.29) is 11.8 Å². The van der Waals surface area contributed by atoms with E-state index in [1.54, 1.807) is 0 Å². The summed E-state index contributed by atoms with van der Waals surface area (Å²) in [5.41, 5.74) is 0. The number of aromatic nitrogens is 1. The van der Waals surface area contributed by atoms with Gasteiger partial charge in [-0.1, -0.05) is 6.42 Å². The first-order chi connectivity index (χ1) is 7.66. The van der Waals surface area contributed by atoms with Crippen molar-refractivity contribution in [1.82, 2.24) is 4.73 Å². The molecular formula is C10H13NO5. The lowest BCUT2D eigenvalue weighted by Gasteiger charge is -2.24. The largest absolute Gasteiger partial charge is 0.533 e. The van der Waals surface area contributed by atoms with Gasteiger partial charge in [0.2, 0.25) is 11.8 Å². The molecule has 6 heteroatoms. The van der Waals surface area contributed by atoms with Crippen LogP contribution in [-0.4, -0.2) is 27.7 Å². The molecule has 0 atom stereocenters. The zero-order chi connectivity index (χ0) is 11.5. The van der Waals surface area contributed by atoms with Gasteiger partial charge in [0.1, 0.15) is 0 Å². The van der Waals surface area contributed by atoms with Crippen LogP contribution in [0, 0.1) is 5.92 Å². The maximum atomic E-state index is 11.2. The summed E-state index contributed by atoms with van der Waals surface area (Å²) in [6, 6.07) is 2.41. The van der Waals surface area contributed by atoms with Crippen LogP contribution in [0.25, 0.3) is 0 Å². The summed E-state index contributed by atoms with van der Waals surface area (Å²) in [6.07, 6.45) is 2.36. The lowest BCUT2D eigenvalue weighted by Crippen LogP contribution is -2.25. The molecule has 2 rings (SSSR count). The number of hydrogen-bond acceptors (Lipinski definition) is 5. The summed E-state index contributed by atoms with van der Waals surface area (Å²) in [4.78, 5) is 15.8. The summed E-state index contributed by atoms with van der Waals surface area (Å²) in [5, 5.41) is 18.4.